The number of carbonyl (C=O) groups is 1. The van der Waals surface area contributed by atoms with Gasteiger partial charge in [0.1, 0.15) is 11.6 Å². The molecule has 0 aliphatic heterocycles. The molecule has 0 aliphatic carbocycles. The third-order valence-corrected chi connectivity index (χ3v) is 6.19. The normalized spacial score (nSPS) is 12.3. The zero-order valence-corrected chi connectivity index (χ0v) is 21.2. The second-order valence-electron chi connectivity index (χ2n) is 8.18. The first-order valence-electron chi connectivity index (χ1n) is 10.9. The molecule has 3 aromatic rings. The molecule has 1 unspecified atom stereocenters. The van der Waals surface area contributed by atoms with Gasteiger partial charge in [0.15, 0.2) is 5.16 Å². The highest BCUT2D eigenvalue weighted by molar-refractivity contribution is 7.99. The Morgan fingerprint density at radius 1 is 1.18 bits per heavy atom. The third kappa shape index (κ3) is 6.13. The molecular formula is C26H29N5O2S. The molecule has 2 heterocycles. The Kier molecular flexibility index (Phi) is 8.26. The second kappa shape index (κ2) is 11.1. The fourth-order valence-corrected chi connectivity index (χ4v) is 4.76. The maximum Gasteiger partial charge on any atom is 0.266 e. The Bertz CT molecular complexity index is 1240. The van der Waals surface area contributed by atoms with Gasteiger partial charge in [0.25, 0.3) is 5.91 Å². The number of methoxy groups -OCH3 is 1. The number of hydrogen-bond donors (Lipinski definition) is 1. The smallest absolute Gasteiger partial charge is 0.266 e. The standard InChI is InChI=1S/C26H29N5O2S/c1-16-11-17(2)29-26(28-16)34-24-9-7-23(8-10-24)30-25(32)22(14-27)13-21-12-18(3)31(20(21)5)19(4)15-33-6/h7-13,19H,15H2,1-6H3,(H,30,32)/b22-13-. The maximum absolute atomic E-state index is 12.8. The Hall–Kier alpha value is -3.41. The van der Waals surface area contributed by atoms with Crippen LogP contribution in [0.15, 0.2) is 52.0 Å². The molecule has 0 saturated carbocycles. The van der Waals surface area contributed by atoms with E-state index >= 15 is 0 Å². The van der Waals surface area contributed by atoms with Crippen LogP contribution in [0.25, 0.3) is 6.08 Å². The molecule has 1 atom stereocenters. The van der Waals surface area contributed by atoms with E-state index < -0.39 is 5.91 Å². The Morgan fingerprint density at radius 3 is 2.41 bits per heavy atom. The number of ether oxygens (including phenoxy) is 1. The monoisotopic (exact) mass is 475 g/mol. The lowest BCUT2D eigenvalue weighted by atomic mass is 10.1. The first-order chi connectivity index (χ1) is 16.2. The summed E-state index contributed by atoms with van der Waals surface area (Å²) in [5.41, 5.74) is 5.36. The molecule has 8 heteroatoms. The van der Waals surface area contributed by atoms with E-state index in [1.165, 1.54) is 11.8 Å². The molecule has 0 radical (unpaired) electrons. The van der Waals surface area contributed by atoms with Crippen LogP contribution in [0.3, 0.4) is 0 Å². The lowest BCUT2D eigenvalue weighted by molar-refractivity contribution is -0.112. The van der Waals surface area contributed by atoms with E-state index in [1.54, 1.807) is 25.3 Å². The average Bonchev–Trinajstić information content (AvgIpc) is 3.05. The van der Waals surface area contributed by atoms with E-state index in [2.05, 4.69) is 26.8 Å². The van der Waals surface area contributed by atoms with Gasteiger partial charge in [-0.15, -0.1) is 0 Å². The molecule has 34 heavy (non-hydrogen) atoms. The molecule has 2 aromatic heterocycles. The van der Waals surface area contributed by atoms with Gasteiger partial charge in [-0.25, -0.2) is 9.97 Å². The highest BCUT2D eigenvalue weighted by atomic mass is 32.2. The van der Waals surface area contributed by atoms with E-state index in [0.29, 0.717) is 17.5 Å². The summed E-state index contributed by atoms with van der Waals surface area (Å²) in [7, 11) is 1.67. The topological polar surface area (TPSA) is 92.8 Å². The second-order valence-corrected chi connectivity index (χ2v) is 9.23. The summed E-state index contributed by atoms with van der Waals surface area (Å²) in [5, 5.41) is 13.1. The van der Waals surface area contributed by atoms with Crippen molar-refractivity contribution in [3.05, 3.63) is 70.3 Å². The van der Waals surface area contributed by atoms with Crippen LogP contribution in [-0.4, -0.2) is 34.2 Å². The van der Waals surface area contributed by atoms with Gasteiger partial charge in [-0.2, -0.15) is 5.26 Å². The van der Waals surface area contributed by atoms with Crippen molar-refractivity contribution in [1.82, 2.24) is 14.5 Å². The number of aromatic nitrogens is 3. The summed E-state index contributed by atoms with van der Waals surface area (Å²) < 4.78 is 7.43. The van der Waals surface area contributed by atoms with Crippen LogP contribution < -0.4 is 5.32 Å². The van der Waals surface area contributed by atoms with E-state index in [-0.39, 0.29) is 11.6 Å². The van der Waals surface area contributed by atoms with Crippen molar-refractivity contribution in [1.29, 1.82) is 5.26 Å². The number of hydrogen-bond acceptors (Lipinski definition) is 6. The molecule has 0 spiro atoms. The fraction of sp³-hybridized carbons (Fsp3) is 0.308. The fourth-order valence-electron chi connectivity index (χ4n) is 3.90. The van der Waals surface area contributed by atoms with Crippen molar-refractivity contribution >= 4 is 29.4 Å². The number of carbonyl (C=O) groups excluding carboxylic acids is 1. The van der Waals surface area contributed by atoms with Crippen molar-refractivity contribution in [3.63, 3.8) is 0 Å². The highest BCUT2D eigenvalue weighted by Crippen LogP contribution is 2.27. The van der Waals surface area contributed by atoms with E-state index in [4.69, 9.17) is 4.74 Å². The van der Waals surface area contributed by atoms with Gasteiger partial charge in [0.05, 0.1) is 12.6 Å². The lowest BCUT2D eigenvalue weighted by Gasteiger charge is -2.17. The van der Waals surface area contributed by atoms with Gasteiger partial charge in [-0.05, 0) is 94.4 Å². The van der Waals surface area contributed by atoms with Gasteiger partial charge in [0.2, 0.25) is 0 Å². The predicted octanol–water partition coefficient (Wildman–Crippen LogP) is 5.42. The average molecular weight is 476 g/mol. The summed E-state index contributed by atoms with van der Waals surface area (Å²) in [6, 6.07) is 13.5. The minimum absolute atomic E-state index is 0.0433. The molecule has 0 saturated heterocycles. The Morgan fingerprint density at radius 2 is 1.82 bits per heavy atom. The van der Waals surface area contributed by atoms with Gasteiger partial charge in [0, 0.05) is 40.5 Å². The number of aryl methyl sites for hydroxylation is 3. The number of rotatable bonds is 8. The molecule has 0 bridgehead atoms. The van der Waals surface area contributed by atoms with Crippen molar-refractivity contribution in [2.45, 2.75) is 50.7 Å². The highest BCUT2D eigenvalue weighted by Gasteiger charge is 2.16. The Balaban J connectivity index is 1.73. The molecule has 1 N–H and O–H groups in total. The summed E-state index contributed by atoms with van der Waals surface area (Å²) >= 11 is 1.46. The minimum atomic E-state index is -0.449. The Labute approximate surface area is 204 Å². The van der Waals surface area contributed by atoms with Crippen LogP contribution in [0.4, 0.5) is 5.69 Å². The summed E-state index contributed by atoms with van der Waals surface area (Å²) in [5.74, 6) is -0.449. The van der Waals surface area contributed by atoms with Gasteiger partial charge in [-0.3, -0.25) is 4.79 Å². The van der Waals surface area contributed by atoms with Gasteiger partial charge < -0.3 is 14.6 Å². The predicted molar refractivity (Wildman–Crippen MR) is 135 cm³/mol. The van der Waals surface area contributed by atoms with Crippen LogP contribution in [0.5, 0.6) is 0 Å². The molecule has 0 aliphatic rings. The number of anilines is 1. The van der Waals surface area contributed by atoms with E-state index in [0.717, 1.165) is 33.2 Å². The van der Waals surface area contributed by atoms with Crippen LogP contribution in [0, 0.1) is 39.0 Å². The zero-order chi connectivity index (χ0) is 24.8. The number of amides is 1. The quantitative estimate of drug-likeness (QED) is 0.266. The van der Waals surface area contributed by atoms with E-state index in [9.17, 15) is 10.1 Å². The molecule has 3 rings (SSSR count). The largest absolute Gasteiger partial charge is 0.383 e. The van der Waals surface area contributed by atoms with Crippen LogP contribution in [0.2, 0.25) is 0 Å². The third-order valence-electron chi connectivity index (χ3n) is 5.32. The minimum Gasteiger partial charge on any atom is -0.383 e. The first-order valence-corrected chi connectivity index (χ1v) is 11.7. The molecule has 7 nitrogen and oxygen atoms in total. The molecule has 0 fully saturated rings. The maximum atomic E-state index is 12.8. The van der Waals surface area contributed by atoms with E-state index in [1.807, 2.05) is 58.0 Å². The molecule has 1 aromatic carbocycles. The number of nitrogens with zero attached hydrogens (tertiary/aromatic N) is 4. The van der Waals surface area contributed by atoms with Crippen molar-refractivity contribution in [2.24, 2.45) is 0 Å². The lowest BCUT2D eigenvalue weighted by Crippen LogP contribution is -2.14. The van der Waals surface area contributed by atoms with Crippen LogP contribution in [-0.2, 0) is 9.53 Å². The van der Waals surface area contributed by atoms with Crippen molar-refractivity contribution in [2.75, 3.05) is 19.0 Å². The van der Waals surface area contributed by atoms with Crippen molar-refractivity contribution < 1.29 is 9.53 Å². The molecular weight excluding hydrogens is 446 g/mol. The molecule has 176 valence electrons. The summed E-state index contributed by atoms with van der Waals surface area (Å²) in [4.78, 5) is 22.6. The van der Waals surface area contributed by atoms with Crippen LogP contribution >= 0.6 is 11.8 Å². The van der Waals surface area contributed by atoms with Crippen LogP contribution in [0.1, 0.15) is 41.3 Å². The number of nitriles is 1. The van der Waals surface area contributed by atoms with Gasteiger partial charge >= 0.3 is 0 Å². The zero-order valence-electron chi connectivity index (χ0n) is 20.3. The van der Waals surface area contributed by atoms with Crippen molar-refractivity contribution in [3.8, 4) is 6.07 Å². The SMILES string of the molecule is COCC(C)n1c(C)cc(/C=C(/C#N)C(=O)Nc2ccc(Sc3nc(C)cc(C)n3)cc2)c1C. The number of benzene rings is 1. The van der Waals surface area contributed by atoms with Gasteiger partial charge in [-0.1, -0.05) is 0 Å². The summed E-state index contributed by atoms with van der Waals surface area (Å²) in [6.45, 7) is 10.5. The molecule has 1 amide bonds. The first kappa shape index (κ1) is 25.2. The summed E-state index contributed by atoms with van der Waals surface area (Å²) in [6.07, 6.45) is 1.63. The number of nitrogens with one attached hydrogen (secondary N) is 1.